The number of aliphatic hydroxyl groups excluding tert-OH is 3. The smallest absolute Gasteiger partial charge is 0.315 e. The number of amides is 1. The van der Waals surface area contributed by atoms with E-state index in [1.54, 1.807) is 0 Å². The summed E-state index contributed by atoms with van der Waals surface area (Å²) in [6.07, 6.45) is -2.49. The van der Waals surface area contributed by atoms with Gasteiger partial charge in [-0.3, -0.25) is 24.0 Å². The Morgan fingerprint density at radius 1 is 0.864 bits per heavy atom. The van der Waals surface area contributed by atoms with Crippen molar-refractivity contribution in [2.75, 3.05) is 19.2 Å². The van der Waals surface area contributed by atoms with Crippen LogP contribution in [0.5, 0.6) is 11.5 Å². The van der Waals surface area contributed by atoms with Gasteiger partial charge in [0.05, 0.1) is 42.2 Å². The Morgan fingerprint density at radius 3 is 2.03 bits per heavy atom. The number of carbonyl (C=O) groups is 5. The van der Waals surface area contributed by atoms with Crippen LogP contribution in [-0.2, 0) is 38.1 Å². The first-order chi connectivity index (χ1) is 27.3. The number of carbonyl (C=O) groups excluding carboxylic acids is 5. The molecule has 9 atom stereocenters. The Kier molecular flexibility index (Phi) is 13.7. The van der Waals surface area contributed by atoms with Crippen LogP contribution in [0.15, 0.2) is 52.5 Å². The number of phenols is 1. The number of ketones is 1. The largest absolute Gasteiger partial charge is 0.505 e. The summed E-state index contributed by atoms with van der Waals surface area (Å²) < 4.78 is 27.9. The average Bonchev–Trinajstić information content (AvgIpc) is 3.16. The molecule has 59 heavy (non-hydrogen) atoms. The minimum atomic E-state index is -2.26. The number of ether oxygens (including phenoxy) is 5. The molecule has 1 aliphatic carbocycles. The molecule has 0 saturated heterocycles. The van der Waals surface area contributed by atoms with Crippen LogP contribution in [0.2, 0.25) is 0 Å². The molecule has 0 spiro atoms. The number of hydrogen-bond acceptors (Lipinski definition) is 16. The number of rotatable bonds is 3. The summed E-state index contributed by atoms with van der Waals surface area (Å²) in [5.41, 5.74) is -5.03. The molecular weight excluding hydrogens is 774 g/mol. The number of allylic oxidation sites excluding steroid dienone is 5. The molecule has 0 aromatic heterocycles. The monoisotopic (exact) mass is 827 g/mol. The van der Waals surface area contributed by atoms with E-state index in [1.165, 1.54) is 73.6 Å². The van der Waals surface area contributed by atoms with E-state index in [-0.39, 0.29) is 61.9 Å². The van der Waals surface area contributed by atoms with Crippen molar-refractivity contribution in [3.05, 3.63) is 69.2 Å². The third kappa shape index (κ3) is 8.99. The number of aliphatic hydroxyl groups is 5. The van der Waals surface area contributed by atoms with E-state index in [2.05, 4.69) is 5.32 Å². The van der Waals surface area contributed by atoms with Gasteiger partial charge in [0, 0.05) is 48.0 Å². The third-order valence-corrected chi connectivity index (χ3v) is 10.9. The molecule has 1 aromatic carbocycles. The maximum atomic E-state index is 14.0. The minimum absolute atomic E-state index is 0.00133. The summed E-state index contributed by atoms with van der Waals surface area (Å²) in [6, 6.07) is 0. The van der Waals surface area contributed by atoms with Gasteiger partial charge in [0.1, 0.15) is 40.5 Å². The van der Waals surface area contributed by atoms with Gasteiger partial charge in [-0.1, -0.05) is 32.1 Å². The number of aromatic hydroxyl groups is 1. The SMILES string of the molecule is COC(=O)C1C(O)C(C)C(O)C(C)(O)/C=C\C=C(C)C(=O)Nc2c(C)c(OC(C)=O)c3c(c2O)C(=O)C(C)=C2OCOC(=C23)C(C)=CC(C)(O)C(O)C(C)C1OC(C)=O. The van der Waals surface area contributed by atoms with Crippen LogP contribution in [0.1, 0.15) is 83.8 Å². The highest BCUT2D eigenvalue weighted by Crippen LogP contribution is 2.53. The van der Waals surface area contributed by atoms with Crippen LogP contribution >= 0.6 is 0 Å². The molecule has 0 saturated carbocycles. The van der Waals surface area contributed by atoms with Gasteiger partial charge in [0.15, 0.2) is 11.5 Å². The van der Waals surface area contributed by atoms with Gasteiger partial charge in [-0.05, 0) is 53.2 Å². The maximum absolute atomic E-state index is 14.0. The highest BCUT2D eigenvalue weighted by Gasteiger charge is 2.50. The number of phenolic OH excluding ortho intramolecular Hbond substituents is 1. The van der Waals surface area contributed by atoms with Crippen molar-refractivity contribution in [1.29, 1.82) is 0 Å². The Hall–Kier alpha value is -5.33. The number of Topliss-reactive ketones (excluding diaryl/α,β-unsaturated/α-hetero) is 1. The lowest BCUT2D eigenvalue weighted by molar-refractivity contribution is -0.183. The molecule has 17 heteroatoms. The summed E-state index contributed by atoms with van der Waals surface area (Å²) in [6.45, 7) is 12.5. The number of anilines is 1. The number of methoxy groups -OCH3 is 1. The number of fused-ring (bicyclic) bond motifs is 14. The van der Waals surface area contributed by atoms with Crippen LogP contribution in [-0.4, -0.2) is 110 Å². The number of nitrogens with one attached hydrogen (secondary N) is 1. The fraction of sp³-hybridized carbons (Fsp3) is 0.500. The number of hydrogen-bond donors (Lipinski definition) is 7. The van der Waals surface area contributed by atoms with Crippen molar-refractivity contribution in [1.82, 2.24) is 0 Å². The van der Waals surface area contributed by atoms with E-state index in [0.29, 0.717) is 0 Å². The number of esters is 3. The minimum Gasteiger partial charge on any atom is -0.505 e. The topological polar surface area (TPSA) is 265 Å². The summed E-state index contributed by atoms with van der Waals surface area (Å²) >= 11 is 0. The molecule has 0 radical (unpaired) electrons. The lowest BCUT2D eigenvalue weighted by atomic mass is 9.74. The zero-order valence-corrected chi connectivity index (χ0v) is 34.8. The molecule has 5 rings (SSSR count). The molecule has 0 fully saturated rings. The van der Waals surface area contributed by atoms with Gasteiger partial charge < -0.3 is 59.6 Å². The Balaban J connectivity index is 2.12. The van der Waals surface area contributed by atoms with Crippen LogP contribution in [0.25, 0.3) is 5.57 Å². The highest BCUT2D eigenvalue weighted by atomic mass is 16.7. The molecule has 3 heterocycles. The Labute approximate surface area is 341 Å². The maximum Gasteiger partial charge on any atom is 0.315 e. The zero-order chi connectivity index (χ0) is 44.6. The fourth-order valence-corrected chi connectivity index (χ4v) is 7.66. The van der Waals surface area contributed by atoms with Crippen LogP contribution < -0.4 is 10.1 Å². The van der Waals surface area contributed by atoms with E-state index >= 15 is 0 Å². The molecule has 1 amide bonds. The van der Waals surface area contributed by atoms with Crippen molar-refractivity contribution in [2.45, 2.75) is 105 Å². The predicted octanol–water partition coefficient (Wildman–Crippen LogP) is 2.79. The summed E-state index contributed by atoms with van der Waals surface area (Å²) in [5, 5.41) is 72.5. The third-order valence-electron chi connectivity index (χ3n) is 10.9. The molecule has 3 aliphatic heterocycles. The Morgan fingerprint density at radius 2 is 1.46 bits per heavy atom. The standard InChI is InChI=1S/C42H53NO16/c1-17-13-12-14-41(9,53)37(49)21(5)31(47)28(40(52)55-11)36(59-24(8)45)22(6)38(50)42(10,54)15-18(2)33-27-25-26(30(46)20(4)34(27)57-16-56-33)32(48)29(43-39(17)51)19(3)35(25)58-23(7)44/h12-15,21-22,28,31,36-38,47-50,53-54H,16H2,1-11H3,(H,43,51)/b14-12-,17-13?,18-15?. The molecule has 4 aliphatic rings. The molecule has 1 aromatic rings. The van der Waals surface area contributed by atoms with E-state index in [1.807, 2.05) is 0 Å². The molecule has 9 unspecified atom stereocenters. The second kappa shape index (κ2) is 17.5. The zero-order valence-electron chi connectivity index (χ0n) is 34.8. The van der Waals surface area contributed by atoms with E-state index in [4.69, 9.17) is 23.7 Å². The first-order valence-corrected chi connectivity index (χ1v) is 18.8. The molecule has 4 bridgehead atoms. The van der Waals surface area contributed by atoms with E-state index in [0.717, 1.165) is 27.0 Å². The fourth-order valence-electron chi connectivity index (χ4n) is 7.66. The lowest BCUT2D eigenvalue weighted by Gasteiger charge is -2.41. The van der Waals surface area contributed by atoms with E-state index < -0.39 is 95.5 Å². The summed E-state index contributed by atoms with van der Waals surface area (Å²) in [4.78, 5) is 66.1. The molecule has 7 N–H and O–H groups in total. The molecule has 322 valence electrons. The van der Waals surface area contributed by atoms with Crippen molar-refractivity contribution in [3.63, 3.8) is 0 Å². The van der Waals surface area contributed by atoms with Gasteiger partial charge in [0.25, 0.3) is 5.91 Å². The van der Waals surface area contributed by atoms with Gasteiger partial charge in [-0.15, -0.1) is 0 Å². The second-order valence-corrected chi connectivity index (χ2v) is 15.6. The summed E-state index contributed by atoms with van der Waals surface area (Å²) in [5.74, 6) is -9.89. The van der Waals surface area contributed by atoms with Crippen LogP contribution in [0, 0.1) is 24.7 Å². The van der Waals surface area contributed by atoms with Crippen molar-refractivity contribution in [3.8, 4) is 11.5 Å². The first kappa shape index (κ1) is 46.4. The first-order valence-electron chi connectivity index (χ1n) is 18.8. The predicted molar refractivity (Wildman–Crippen MR) is 209 cm³/mol. The van der Waals surface area contributed by atoms with Gasteiger partial charge in [0.2, 0.25) is 6.79 Å². The normalized spacial score (nSPS) is 31.2. The van der Waals surface area contributed by atoms with Gasteiger partial charge >= 0.3 is 17.9 Å². The Bertz CT molecular complexity index is 2090. The van der Waals surface area contributed by atoms with E-state index in [9.17, 15) is 54.6 Å². The molecular formula is C42H53NO16. The summed E-state index contributed by atoms with van der Waals surface area (Å²) in [7, 11) is 1.01. The quantitative estimate of drug-likeness (QED) is 0.131. The second-order valence-electron chi connectivity index (χ2n) is 15.6. The number of benzene rings is 1. The molecule has 17 nitrogen and oxygen atoms in total. The van der Waals surface area contributed by atoms with Crippen molar-refractivity contribution in [2.24, 2.45) is 17.8 Å². The van der Waals surface area contributed by atoms with Crippen LogP contribution in [0.4, 0.5) is 5.69 Å². The van der Waals surface area contributed by atoms with Crippen molar-refractivity contribution >= 4 is 40.9 Å². The van der Waals surface area contributed by atoms with Crippen LogP contribution in [0.3, 0.4) is 0 Å². The van der Waals surface area contributed by atoms with Gasteiger partial charge in [-0.25, -0.2) is 0 Å². The lowest BCUT2D eigenvalue weighted by Crippen LogP contribution is -2.55. The average molecular weight is 828 g/mol. The van der Waals surface area contributed by atoms with Gasteiger partial charge in [-0.2, -0.15) is 0 Å². The highest BCUT2D eigenvalue weighted by molar-refractivity contribution is 6.21. The van der Waals surface area contributed by atoms with Crippen molar-refractivity contribution < 1.29 is 78.3 Å².